The predicted molar refractivity (Wildman–Crippen MR) is 199 cm³/mol. The van der Waals surface area contributed by atoms with E-state index in [1.165, 1.54) is 135 Å². The van der Waals surface area contributed by atoms with E-state index in [-0.39, 0.29) is 25.8 Å². The zero-order chi connectivity index (χ0) is 35.6. The molecule has 0 saturated carbocycles. The molecular formula is C39H80NO7P. The van der Waals surface area contributed by atoms with Gasteiger partial charge in [-0.1, -0.05) is 168 Å². The number of likely N-dealkylation sites (N-methyl/N-ethyl adjacent to an activating group) is 1. The summed E-state index contributed by atoms with van der Waals surface area (Å²) in [5, 5.41) is 0. The average Bonchev–Trinajstić information content (AvgIpc) is 3.03. The van der Waals surface area contributed by atoms with Gasteiger partial charge < -0.3 is 27.9 Å². The van der Waals surface area contributed by atoms with Crippen LogP contribution in [0.25, 0.3) is 0 Å². The smallest absolute Gasteiger partial charge is 0.306 e. The summed E-state index contributed by atoms with van der Waals surface area (Å²) < 4.78 is 34.4. The van der Waals surface area contributed by atoms with Gasteiger partial charge in [0.05, 0.1) is 34.4 Å². The lowest BCUT2D eigenvalue weighted by Crippen LogP contribution is -2.37. The average molecular weight is 706 g/mol. The van der Waals surface area contributed by atoms with E-state index >= 15 is 0 Å². The van der Waals surface area contributed by atoms with E-state index in [0.29, 0.717) is 24.1 Å². The first-order valence-electron chi connectivity index (χ1n) is 20.3. The fourth-order valence-corrected chi connectivity index (χ4v) is 6.45. The van der Waals surface area contributed by atoms with Crippen molar-refractivity contribution in [1.82, 2.24) is 0 Å². The highest BCUT2D eigenvalue weighted by atomic mass is 31.2. The van der Waals surface area contributed by atoms with Crippen LogP contribution in [0.1, 0.15) is 187 Å². The standard InChI is InChI=1S/C39H80NO7P/c1-6-8-10-12-14-16-18-19-20-21-22-23-24-26-28-30-32-39(41)47-38(37-46-48(42,43)45-35-33-40(3,4)5)36-44-34-31-29-27-25-17-15-13-11-9-7-2/h38H,6-37H2,1-5H3. The number of esters is 1. The third kappa shape index (κ3) is 36.8. The molecule has 0 aromatic carbocycles. The number of quaternary nitrogens is 1. The van der Waals surface area contributed by atoms with Crippen molar-refractivity contribution in [2.45, 2.75) is 193 Å². The van der Waals surface area contributed by atoms with Gasteiger partial charge in [-0.3, -0.25) is 9.36 Å². The van der Waals surface area contributed by atoms with E-state index in [2.05, 4.69) is 13.8 Å². The first kappa shape index (κ1) is 47.5. The van der Waals surface area contributed by atoms with Gasteiger partial charge in [0.1, 0.15) is 19.3 Å². The van der Waals surface area contributed by atoms with Crippen LogP contribution in [0, 0.1) is 0 Å². The Hall–Kier alpha value is -0.500. The highest BCUT2D eigenvalue weighted by molar-refractivity contribution is 7.45. The monoisotopic (exact) mass is 706 g/mol. The van der Waals surface area contributed by atoms with Crippen LogP contribution in [-0.2, 0) is 27.9 Å². The Kier molecular flexibility index (Phi) is 33.3. The normalized spacial score (nSPS) is 13.9. The maximum absolute atomic E-state index is 12.6. The zero-order valence-corrected chi connectivity index (χ0v) is 33.4. The fraction of sp³-hybridized carbons (Fsp3) is 0.974. The second-order valence-corrected chi connectivity index (χ2v) is 16.4. The highest BCUT2D eigenvalue weighted by Gasteiger charge is 2.20. The van der Waals surface area contributed by atoms with Gasteiger partial charge in [0, 0.05) is 13.0 Å². The maximum Gasteiger partial charge on any atom is 0.306 e. The molecule has 0 aromatic heterocycles. The van der Waals surface area contributed by atoms with Crippen LogP contribution in [0.3, 0.4) is 0 Å². The molecule has 8 nitrogen and oxygen atoms in total. The van der Waals surface area contributed by atoms with Crippen molar-refractivity contribution in [3.05, 3.63) is 0 Å². The van der Waals surface area contributed by atoms with Gasteiger partial charge in [0.25, 0.3) is 7.82 Å². The largest absolute Gasteiger partial charge is 0.756 e. The van der Waals surface area contributed by atoms with Gasteiger partial charge in [0.15, 0.2) is 0 Å². The van der Waals surface area contributed by atoms with Crippen molar-refractivity contribution in [2.24, 2.45) is 0 Å². The molecule has 0 aliphatic rings. The number of nitrogens with zero attached hydrogens (tertiary/aromatic N) is 1. The number of phosphoric acid groups is 1. The molecular weight excluding hydrogens is 625 g/mol. The van der Waals surface area contributed by atoms with E-state index in [0.717, 1.165) is 32.1 Å². The van der Waals surface area contributed by atoms with E-state index in [1.807, 2.05) is 21.1 Å². The molecule has 0 heterocycles. The summed E-state index contributed by atoms with van der Waals surface area (Å²) in [4.78, 5) is 24.9. The molecule has 288 valence electrons. The number of hydrogen-bond donors (Lipinski definition) is 0. The molecule has 2 atom stereocenters. The fourth-order valence-electron chi connectivity index (χ4n) is 5.72. The molecule has 2 unspecified atom stereocenters. The number of rotatable bonds is 38. The quantitative estimate of drug-likeness (QED) is 0.0273. The molecule has 0 saturated heterocycles. The van der Waals surface area contributed by atoms with E-state index in [1.54, 1.807) is 0 Å². The first-order valence-corrected chi connectivity index (χ1v) is 21.7. The van der Waals surface area contributed by atoms with Crippen molar-refractivity contribution in [2.75, 3.05) is 54.1 Å². The third-order valence-electron chi connectivity index (χ3n) is 8.91. The summed E-state index contributed by atoms with van der Waals surface area (Å²) in [6, 6.07) is 0. The van der Waals surface area contributed by atoms with Crippen LogP contribution >= 0.6 is 7.82 Å². The molecule has 0 amide bonds. The summed E-state index contributed by atoms with van der Waals surface area (Å²) >= 11 is 0. The van der Waals surface area contributed by atoms with Gasteiger partial charge in [-0.25, -0.2) is 0 Å². The van der Waals surface area contributed by atoms with Crippen molar-refractivity contribution in [1.29, 1.82) is 0 Å². The van der Waals surface area contributed by atoms with Crippen molar-refractivity contribution in [3.8, 4) is 0 Å². The van der Waals surface area contributed by atoms with Gasteiger partial charge in [0.2, 0.25) is 0 Å². The molecule has 0 fully saturated rings. The summed E-state index contributed by atoms with van der Waals surface area (Å²) in [6.07, 6.45) is 32.5. The molecule has 48 heavy (non-hydrogen) atoms. The number of unbranched alkanes of at least 4 members (excludes halogenated alkanes) is 24. The van der Waals surface area contributed by atoms with Crippen LogP contribution in [-0.4, -0.2) is 70.7 Å². The Bertz CT molecular complexity index is 746. The van der Waals surface area contributed by atoms with E-state index < -0.39 is 13.9 Å². The Morgan fingerprint density at radius 2 is 0.958 bits per heavy atom. The number of ether oxygens (including phenoxy) is 2. The first-order chi connectivity index (χ1) is 23.1. The maximum atomic E-state index is 12.6. The minimum atomic E-state index is -4.51. The number of carbonyl (C=O) groups excluding carboxylic acids is 1. The summed E-state index contributed by atoms with van der Waals surface area (Å²) in [6.45, 7) is 5.44. The number of carbonyl (C=O) groups is 1. The number of phosphoric ester groups is 1. The number of hydrogen-bond acceptors (Lipinski definition) is 7. The van der Waals surface area contributed by atoms with Crippen molar-refractivity contribution < 1.29 is 37.3 Å². The van der Waals surface area contributed by atoms with Crippen LogP contribution in [0.5, 0.6) is 0 Å². The second-order valence-electron chi connectivity index (χ2n) is 15.0. The molecule has 9 heteroatoms. The SMILES string of the molecule is CCCCCCCCCCCCCCCCCCC(=O)OC(COCCCCCCCCCCCC)COP(=O)([O-])OCC[N+](C)(C)C. The molecule has 0 radical (unpaired) electrons. The summed E-state index contributed by atoms with van der Waals surface area (Å²) in [5.74, 6) is -0.330. The molecule has 0 aliphatic heterocycles. The van der Waals surface area contributed by atoms with E-state index in [4.69, 9.17) is 18.5 Å². The molecule has 0 aliphatic carbocycles. The van der Waals surface area contributed by atoms with Crippen LogP contribution < -0.4 is 4.89 Å². The Morgan fingerprint density at radius 1 is 0.562 bits per heavy atom. The molecule has 0 spiro atoms. The molecule has 0 N–H and O–H groups in total. The topological polar surface area (TPSA) is 94.1 Å². The molecule has 0 rings (SSSR count). The van der Waals surface area contributed by atoms with Crippen molar-refractivity contribution >= 4 is 13.8 Å². The highest BCUT2D eigenvalue weighted by Crippen LogP contribution is 2.38. The summed E-state index contributed by atoms with van der Waals surface area (Å²) in [7, 11) is 1.37. The van der Waals surface area contributed by atoms with Crippen molar-refractivity contribution in [3.63, 3.8) is 0 Å². The predicted octanol–water partition coefficient (Wildman–Crippen LogP) is 10.7. The van der Waals surface area contributed by atoms with Crippen LogP contribution in [0.4, 0.5) is 0 Å². The molecule has 0 bridgehead atoms. The lowest BCUT2D eigenvalue weighted by atomic mass is 10.0. The van der Waals surface area contributed by atoms with Gasteiger partial charge in [-0.05, 0) is 12.8 Å². The lowest BCUT2D eigenvalue weighted by molar-refractivity contribution is -0.870. The Labute approximate surface area is 298 Å². The summed E-state index contributed by atoms with van der Waals surface area (Å²) in [5.41, 5.74) is 0. The zero-order valence-electron chi connectivity index (χ0n) is 32.5. The Balaban J connectivity index is 4.20. The lowest BCUT2D eigenvalue weighted by Gasteiger charge is -2.28. The van der Waals surface area contributed by atoms with Gasteiger partial charge >= 0.3 is 5.97 Å². The van der Waals surface area contributed by atoms with E-state index in [9.17, 15) is 14.3 Å². The Morgan fingerprint density at radius 3 is 1.38 bits per heavy atom. The minimum absolute atomic E-state index is 0.0310. The molecule has 0 aromatic rings. The van der Waals surface area contributed by atoms with Gasteiger partial charge in [-0.15, -0.1) is 0 Å². The van der Waals surface area contributed by atoms with Crippen LogP contribution in [0.15, 0.2) is 0 Å². The second kappa shape index (κ2) is 33.6. The third-order valence-corrected chi connectivity index (χ3v) is 9.87. The van der Waals surface area contributed by atoms with Gasteiger partial charge in [-0.2, -0.15) is 0 Å². The van der Waals surface area contributed by atoms with Crippen LogP contribution in [0.2, 0.25) is 0 Å². The minimum Gasteiger partial charge on any atom is -0.756 e.